The molecule has 2 heteroatoms. The van der Waals surface area contributed by atoms with Crippen molar-refractivity contribution in [1.82, 2.24) is 0 Å². The molecule has 0 fully saturated rings. The van der Waals surface area contributed by atoms with Gasteiger partial charge in [-0.2, -0.15) is 0 Å². The summed E-state index contributed by atoms with van der Waals surface area (Å²) in [7, 11) is 0. The Morgan fingerprint density at radius 2 is 1.44 bits per heavy atom. The Labute approximate surface area is 161 Å². The van der Waals surface area contributed by atoms with Crippen molar-refractivity contribution in [2.24, 2.45) is 0 Å². The van der Waals surface area contributed by atoms with Crippen LogP contribution < -0.4 is 0 Å². The van der Waals surface area contributed by atoms with E-state index in [1.54, 1.807) is 0 Å². The second kappa shape index (κ2) is 7.89. The zero-order valence-corrected chi connectivity index (χ0v) is 16.2. The van der Waals surface area contributed by atoms with Gasteiger partial charge in [0.1, 0.15) is 0 Å². The van der Waals surface area contributed by atoms with Crippen LogP contribution in [0.3, 0.4) is 0 Å². The van der Waals surface area contributed by atoms with Crippen LogP contribution in [0.1, 0.15) is 47.8 Å². The van der Waals surface area contributed by atoms with Crippen molar-refractivity contribution in [3.63, 3.8) is 0 Å². The predicted octanol–water partition coefficient (Wildman–Crippen LogP) is 5.42. The second-order valence-corrected chi connectivity index (χ2v) is 7.80. The fourth-order valence-corrected chi connectivity index (χ4v) is 3.59. The third-order valence-corrected chi connectivity index (χ3v) is 4.83. The lowest BCUT2D eigenvalue weighted by molar-refractivity contribution is 0.103. The quantitative estimate of drug-likeness (QED) is 0.619. The second-order valence-electron chi connectivity index (χ2n) is 7.80. The summed E-state index contributed by atoms with van der Waals surface area (Å²) >= 11 is 0. The van der Waals surface area contributed by atoms with Crippen molar-refractivity contribution in [2.45, 2.75) is 32.6 Å². The Bertz CT molecular complexity index is 920. The minimum absolute atomic E-state index is 0.00843. The number of hydrogen-bond donors (Lipinski definition) is 1. The minimum atomic E-state index is -0.0810. The molecule has 0 aliphatic carbocycles. The lowest BCUT2D eigenvalue weighted by Crippen LogP contribution is -2.18. The topological polar surface area (TPSA) is 37.3 Å². The molecule has 3 rings (SSSR count). The molecule has 3 aromatic rings. The highest BCUT2D eigenvalue weighted by Gasteiger charge is 2.25. The molecule has 0 aromatic heterocycles. The first-order chi connectivity index (χ1) is 12.9. The first kappa shape index (κ1) is 19.1. The van der Waals surface area contributed by atoms with E-state index in [-0.39, 0.29) is 17.8 Å². The van der Waals surface area contributed by atoms with Crippen molar-refractivity contribution in [2.75, 3.05) is 6.61 Å². The van der Waals surface area contributed by atoms with E-state index in [1.807, 2.05) is 72.8 Å². The smallest absolute Gasteiger partial charge is 0.193 e. The summed E-state index contributed by atoms with van der Waals surface area (Å²) in [5.41, 5.74) is 5.44. The fraction of sp³-hybridized carbons (Fsp3) is 0.240. The highest BCUT2D eigenvalue weighted by atomic mass is 16.3. The van der Waals surface area contributed by atoms with Crippen LogP contribution >= 0.6 is 0 Å². The van der Waals surface area contributed by atoms with Gasteiger partial charge in [-0.3, -0.25) is 4.79 Å². The predicted molar refractivity (Wildman–Crippen MR) is 111 cm³/mol. The van der Waals surface area contributed by atoms with E-state index in [0.717, 1.165) is 16.7 Å². The van der Waals surface area contributed by atoms with E-state index >= 15 is 0 Å². The number of carbonyl (C=O) groups excluding carboxylic acids is 1. The molecule has 0 spiro atoms. The highest BCUT2D eigenvalue weighted by Crippen LogP contribution is 2.37. The Kier molecular flexibility index (Phi) is 5.57. The van der Waals surface area contributed by atoms with Crippen LogP contribution in [0.4, 0.5) is 0 Å². The molecular weight excluding hydrogens is 332 g/mol. The van der Waals surface area contributed by atoms with Crippen LogP contribution in [0.25, 0.3) is 11.1 Å². The van der Waals surface area contributed by atoms with Gasteiger partial charge in [-0.15, -0.1) is 0 Å². The van der Waals surface area contributed by atoms with Crippen LogP contribution in [-0.4, -0.2) is 17.5 Å². The molecule has 0 saturated heterocycles. The van der Waals surface area contributed by atoms with E-state index in [2.05, 4.69) is 20.8 Å². The largest absolute Gasteiger partial charge is 0.396 e. The maximum atomic E-state index is 13.3. The van der Waals surface area contributed by atoms with Crippen LogP contribution in [0.2, 0.25) is 0 Å². The third-order valence-electron chi connectivity index (χ3n) is 4.83. The standard InChI is InChI=1S/C25H26O2/c1-25(2,3)22-15-14-21(24(27)19-12-8-5-9-13-19)23(20(22)16-17-26)18-10-6-4-7-11-18/h4-15,26H,16-17H2,1-3H3. The highest BCUT2D eigenvalue weighted by molar-refractivity contribution is 6.13. The van der Waals surface area contributed by atoms with E-state index in [1.165, 1.54) is 5.56 Å². The van der Waals surface area contributed by atoms with Crippen molar-refractivity contribution in [3.05, 3.63) is 95.1 Å². The summed E-state index contributed by atoms with van der Waals surface area (Å²) in [6.45, 7) is 6.54. The van der Waals surface area contributed by atoms with Crippen LogP contribution in [0.15, 0.2) is 72.8 Å². The van der Waals surface area contributed by atoms with Crippen molar-refractivity contribution in [1.29, 1.82) is 0 Å². The molecule has 0 radical (unpaired) electrons. The maximum absolute atomic E-state index is 13.3. The van der Waals surface area contributed by atoms with Crippen molar-refractivity contribution in [3.8, 4) is 11.1 Å². The molecule has 0 unspecified atom stereocenters. The Hall–Kier alpha value is -2.71. The number of benzene rings is 3. The molecular formula is C25H26O2. The number of aliphatic hydroxyl groups excluding tert-OH is 1. The van der Waals surface area contributed by atoms with Crippen LogP contribution in [0.5, 0.6) is 0 Å². The van der Waals surface area contributed by atoms with E-state index in [9.17, 15) is 9.90 Å². The van der Waals surface area contributed by atoms with E-state index < -0.39 is 0 Å². The Morgan fingerprint density at radius 1 is 0.852 bits per heavy atom. The molecule has 0 aliphatic heterocycles. The molecule has 0 aliphatic rings. The van der Waals surface area contributed by atoms with Gasteiger partial charge in [0.05, 0.1) is 0 Å². The van der Waals surface area contributed by atoms with E-state index in [4.69, 9.17) is 0 Å². The van der Waals surface area contributed by atoms with Gasteiger partial charge in [-0.1, -0.05) is 93.6 Å². The number of hydrogen-bond acceptors (Lipinski definition) is 2. The molecule has 1 N–H and O–H groups in total. The van der Waals surface area contributed by atoms with Gasteiger partial charge in [-0.25, -0.2) is 0 Å². The molecule has 27 heavy (non-hydrogen) atoms. The van der Waals surface area contributed by atoms with Gasteiger partial charge in [0, 0.05) is 17.7 Å². The first-order valence-electron chi connectivity index (χ1n) is 9.36. The maximum Gasteiger partial charge on any atom is 0.193 e. The Morgan fingerprint density at radius 3 is 2.00 bits per heavy atom. The first-order valence-corrected chi connectivity index (χ1v) is 9.36. The van der Waals surface area contributed by atoms with Gasteiger partial charge in [-0.05, 0) is 34.1 Å². The monoisotopic (exact) mass is 358 g/mol. The molecule has 138 valence electrons. The zero-order chi connectivity index (χ0) is 19.4. The fourth-order valence-electron chi connectivity index (χ4n) is 3.59. The molecule has 0 amide bonds. The lowest BCUT2D eigenvalue weighted by Gasteiger charge is -2.26. The summed E-state index contributed by atoms with van der Waals surface area (Å²) in [6, 6.07) is 23.4. The molecule has 0 bridgehead atoms. The lowest BCUT2D eigenvalue weighted by atomic mass is 9.77. The van der Waals surface area contributed by atoms with Gasteiger partial charge in [0.15, 0.2) is 5.78 Å². The number of carbonyl (C=O) groups is 1. The average molecular weight is 358 g/mol. The summed E-state index contributed by atoms with van der Waals surface area (Å²) < 4.78 is 0. The minimum Gasteiger partial charge on any atom is -0.396 e. The van der Waals surface area contributed by atoms with Crippen LogP contribution in [0, 0.1) is 0 Å². The van der Waals surface area contributed by atoms with Gasteiger partial charge in [0.25, 0.3) is 0 Å². The van der Waals surface area contributed by atoms with Gasteiger partial charge < -0.3 is 5.11 Å². The third kappa shape index (κ3) is 4.01. The van der Waals surface area contributed by atoms with E-state index in [0.29, 0.717) is 17.5 Å². The summed E-state index contributed by atoms with van der Waals surface area (Å²) in [5, 5.41) is 9.74. The molecule has 0 saturated carbocycles. The molecule has 3 aromatic carbocycles. The average Bonchev–Trinajstić information content (AvgIpc) is 2.68. The number of rotatable bonds is 5. The number of aliphatic hydroxyl groups is 1. The van der Waals surface area contributed by atoms with Crippen molar-refractivity contribution >= 4 is 5.78 Å². The van der Waals surface area contributed by atoms with Crippen LogP contribution in [-0.2, 0) is 11.8 Å². The molecule has 2 nitrogen and oxygen atoms in total. The Balaban J connectivity index is 2.31. The zero-order valence-electron chi connectivity index (χ0n) is 16.2. The summed E-state index contributed by atoms with van der Waals surface area (Å²) in [6.07, 6.45) is 0.521. The van der Waals surface area contributed by atoms with Gasteiger partial charge in [0.2, 0.25) is 0 Å². The number of ketones is 1. The SMILES string of the molecule is CC(C)(C)c1ccc(C(=O)c2ccccc2)c(-c2ccccc2)c1CCO. The summed E-state index contributed by atoms with van der Waals surface area (Å²) in [5.74, 6) is 0.00843. The summed E-state index contributed by atoms with van der Waals surface area (Å²) in [4.78, 5) is 13.3. The molecule has 0 atom stereocenters. The normalized spacial score (nSPS) is 11.4. The molecule has 0 heterocycles. The van der Waals surface area contributed by atoms with Crippen molar-refractivity contribution < 1.29 is 9.90 Å². The van der Waals surface area contributed by atoms with Gasteiger partial charge >= 0.3 is 0 Å².